The smallest absolute Gasteiger partial charge is 0.240 e. The van der Waals surface area contributed by atoms with Gasteiger partial charge in [-0.1, -0.05) is 95.3 Å². The van der Waals surface area contributed by atoms with Crippen molar-refractivity contribution in [1.29, 1.82) is 0 Å². The second-order valence-electron chi connectivity index (χ2n) is 12.6. The summed E-state index contributed by atoms with van der Waals surface area (Å²) in [5.74, 6) is 0.387. The minimum Gasteiger partial charge on any atom is -0.407 e. The highest BCUT2D eigenvalue weighted by atomic mass is 28.3. The average Bonchev–Trinajstić information content (AvgIpc) is 3.06. The lowest BCUT2D eigenvalue weighted by Gasteiger charge is -2.42. The van der Waals surface area contributed by atoms with Gasteiger partial charge in [0.15, 0.2) is 0 Å². The third-order valence-electron chi connectivity index (χ3n) is 8.43. The molecule has 1 heterocycles. The van der Waals surface area contributed by atoms with Crippen LogP contribution in [0.1, 0.15) is 73.1 Å². The molecule has 4 rings (SSSR count). The molecule has 2 aromatic rings. The van der Waals surface area contributed by atoms with Gasteiger partial charge in [0.1, 0.15) is 0 Å². The molecule has 5 heteroatoms. The van der Waals surface area contributed by atoms with E-state index in [4.69, 9.17) is 4.43 Å². The van der Waals surface area contributed by atoms with E-state index >= 15 is 0 Å². The van der Waals surface area contributed by atoms with Gasteiger partial charge in [0.25, 0.3) is 0 Å². The lowest BCUT2D eigenvalue weighted by molar-refractivity contribution is -0.138. The highest BCUT2D eigenvalue weighted by molar-refractivity contribution is 6.80. The first-order chi connectivity index (χ1) is 17.1. The van der Waals surface area contributed by atoms with Crippen molar-refractivity contribution in [2.75, 3.05) is 6.54 Å². The van der Waals surface area contributed by atoms with E-state index in [1.165, 1.54) is 10.4 Å². The van der Waals surface area contributed by atoms with Crippen molar-refractivity contribution in [2.24, 2.45) is 16.7 Å². The van der Waals surface area contributed by atoms with Crippen LogP contribution < -0.4 is 10.4 Å². The van der Waals surface area contributed by atoms with Crippen LogP contribution in [0.4, 0.5) is 0 Å². The molecule has 4 nitrogen and oxygen atoms in total. The molecule has 36 heavy (non-hydrogen) atoms. The molecule has 1 saturated carbocycles. The van der Waals surface area contributed by atoms with E-state index in [0.717, 1.165) is 45.1 Å². The number of likely N-dealkylation sites (tertiary alicyclic amines) is 1. The van der Waals surface area contributed by atoms with E-state index in [1.54, 1.807) is 0 Å². The molecule has 1 N–H and O–H groups in total. The number of benzene rings is 2. The van der Waals surface area contributed by atoms with Crippen LogP contribution in [0.3, 0.4) is 0 Å². The van der Waals surface area contributed by atoms with Crippen molar-refractivity contribution >= 4 is 25.3 Å². The van der Waals surface area contributed by atoms with Crippen LogP contribution in [0.5, 0.6) is 0 Å². The van der Waals surface area contributed by atoms with E-state index in [0.29, 0.717) is 0 Å². The number of hydrogen-bond acceptors (Lipinski definition) is 3. The van der Waals surface area contributed by atoms with Gasteiger partial charge in [-0.3, -0.25) is 4.79 Å². The molecule has 2 aromatic carbocycles. The van der Waals surface area contributed by atoms with Gasteiger partial charge in [-0.15, -0.1) is 0 Å². The molecular weight excluding hydrogens is 462 g/mol. The van der Waals surface area contributed by atoms with E-state index in [9.17, 15) is 9.90 Å². The molecule has 2 unspecified atom stereocenters. The largest absolute Gasteiger partial charge is 0.407 e. The molecule has 196 valence electrons. The summed E-state index contributed by atoms with van der Waals surface area (Å²) in [6.07, 6.45) is 5.40. The normalized spacial score (nSPS) is 26.0. The number of carbonyl (C=O) groups excluding carboxylic acids is 1. The summed E-state index contributed by atoms with van der Waals surface area (Å²) in [5.41, 5.74) is -0.593. The Balaban J connectivity index is 1.64. The first-order valence-electron chi connectivity index (χ1n) is 13.8. The molecule has 1 aliphatic heterocycles. The molecule has 0 spiro atoms. The van der Waals surface area contributed by atoms with E-state index in [-0.39, 0.29) is 35.5 Å². The van der Waals surface area contributed by atoms with Crippen LogP contribution in [0.2, 0.25) is 0 Å². The summed E-state index contributed by atoms with van der Waals surface area (Å²) >= 11 is 0. The predicted octanol–water partition coefficient (Wildman–Crippen LogP) is 4.52. The molecule has 2 fully saturated rings. The monoisotopic (exact) mass is 507 g/mol. The number of nitrogens with zero attached hydrogens (tertiary/aromatic N) is 1. The Morgan fingerprint density at radius 2 is 1.42 bits per heavy atom. The van der Waals surface area contributed by atoms with Crippen molar-refractivity contribution in [3.63, 3.8) is 0 Å². The zero-order valence-corrected chi connectivity index (χ0v) is 24.0. The van der Waals surface area contributed by atoms with E-state index in [2.05, 4.69) is 100 Å². The number of amides is 1. The molecule has 0 aromatic heterocycles. The fraction of sp³-hybridized carbons (Fsp3) is 0.581. The van der Waals surface area contributed by atoms with Gasteiger partial charge in [-0.05, 0) is 54.3 Å². The van der Waals surface area contributed by atoms with Gasteiger partial charge in [-0.25, -0.2) is 0 Å². The maximum atomic E-state index is 13.9. The highest BCUT2D eigenvalue weighted by Crippen LogP contribution is 2.46. The van der Waals surface area contributed by atoms with Crippen molar-refractivity contribution < 1.29 is 14.3 Å². The van der Waals surface area contributed by atoms with Gasteiger partial charge >= 0.3 is 0 Å². The standard InChI is InChI=1S/C31H45NO3Si/c1-30(2,3)28(35-36(25-18-8-6-9-19-25)26-20-10-7-11-21-26)27-22-32(29(34)31(27,4)5)23-14-12-16-24(33)17-13-15-23/h6-11,18-21,23-24,27-28,33,36H,12-17,22H2,1-5H3. The maximum Gasteiger partial charge on any atom is 0.240 e. The van der Waals surface area contributed by atoms with E-state index in [1.807, 2.05) is 0 Å². The fourth-order valence-electron chi connectivity index (χ4n) is 6.27. The van der Waals surface area contributed by atoms with Gasteiger partial charge in [-0.2, -0.15) is 0 Å². The Hall–Kier alpha value is -1.95. The summed E-state index contributed by atoms with van der Waals surface area (Å²) in [7, 11) is -1.97. The third kappa shape index (κ3) is 5.95. The summed E-state index contributed by atoms with van der Waals surface area (Å²) in [6, 6.07) is 21.6. The predicted molar refractivity (Wildman–Crippen MR) is 150 cm³/mol. The van der Waals surface area contributed by atoms with Crippen molar-refractivity contribution in [3.05, 3.63) is 60.7 Å². The number of carbonyl (C=O) groups is 1. The number of hydrogen-bond donors (Lipinski definition) is 1. The van der Waals surface area contributed by atoms with Crippen LogP contribution in [-0.4, -0.2) is 49.7 Å². The van der Waals surface area contributed by atoms with Crippen molar-refractivity contribution in [3.8, 4) is 0 Å². The van der Waals surface area contributed by atoms with Crippen LogP contribution in [0.15, 0.2) is 60.7 Å². The zero-order chi connectivity index (χ0) is 25.9. The Kier molecular flexibility index (Phi) is 8.43. The lowest BCUT2D eigenvalue weighted by Crippen LogP contribution is -2.53. The zero-order valence-electron chi connectivity index (χ0n) is 22.8. The Bertz CT molecular complexity index is 938. The molecule has 2 atom stereocenters. The second kappa shape index (κ2) is 11.2. The number of aliphatic hydroxyl groups excluding tert-OH is 1. The van der Waals surface area contributed by atoms with Gasteiger partial charge < -0.3 is 14.4 Å². The third-order valence-corrected chi connectivity index (χ3v) is 11.0. The van der Waals surface area contributed by atoms with Crippen molar-refractivity contribution in [1.82, 2.24) is 4.90 Å². The van der Waals surface area contributed by atoms with Crippen LogP contribution in [0, 0.1) is 16.7 Å². The highest BCUT2D eigenvalue weighted by Gasteiger charge is 2.54. The van der Waals surface area contributed by atoms with Gasteiger partial charge in [0.05, 0.1) is 17.6 Å². The molecular formula is C31H45NO3Si. The summed E-state index contributed by atoms with van der Waals surface area (Å²) < 4.78 is 7.28. The minimum absolute atomic E-state index is 0.0473. The van der Waals surface area contributed by atoms with Crippen LogP contribution in [-0.2, 0) is 9.22 Å². The van der Waals surface area contributed by atoms with Crippen LogP contribution >= 0.6 is 0 Å². The lowest BCUT2D eigenvalue weighted by atomic mass is 9.70. The minimum atomic E-state index is -1.97. The average molecular weight is 508 g/mol. The molecule has 2 aliphatic rings. The van der Waals surface area contributed by atoms with Crippen molar-refractivity contribution in [2.45, 2.75) is 91.4 Å². The maximum absolute atomic E-state index is 13.9. The van der Waals surface area contributed by atoms with E-state index < -0.39 is 14.5 Å². The summed E-state index contributed by atoms with van der Waals surface area (Å²) in [5, 5.41) is 12.6. The Labute approximate surface area is 219 Å². The van der Waals surface area contributed by atoms with Gasteiger partial charge in [0, 0.05) is 18.5 Å². The molecule has 0 bridgehead atoms. The number of rotatable bonds is 6. The first-order valence-corrected chi connectivity index (χ1v) is 15.5. The Morgan fingerprint density at radius 3 is 1.89 bits per heavy atom. The topological polar surface area (TPSA) is 49.8 Å². The molecule has 1 saturated heterocycles. The van der Waals surface area contributed by atoms with Crippen LogP contribution in [0.25, 0.3) is 0 Å². The first kappa shape index (κ1) is 27.1. The van der Waals surface area contributed by atoms with Gasteiger partial charge in [0.2, 0.25) is 14.9 Å². The Morgan fingerprint density at radius 1 is 0.917 bits per heavy atom. The molecule has 1 aliphatic carbocycles. The summed E-state index contributed by atoms with van der Waals surface area (Å²) in [4.78, 5) is 16.1. The fourth-order valence-corrected chi connectivity index (χ4v) is 9.01. The molecule has 1 amide bonds. The second-order valence-corrected chi connectivity index (χ2v) is 14.9. The number of aliphatic hydroxyl groups is 1. The molecule has 0 radical (unpaired) electrons. The summed E-state index contributed by atoms with van der Waals surface area (Å²) in [6.45, 7) is 11.8. The SMILES string of the molecule is CC(C)(C)C(O[SiH](c1ccccc1)c1ccccc1)C1CN(C2CCCC(O)CCC2)C(=O)C1(C)C. The quantitative estimate of drug-likeness (QED) is 0.585.